The Balaban J connectivity index is 1.50. The molecule has 1 aliphatic heterocycles. The fraction of sp³-hybridized carbons (Fsp3) is 0.286. The van der Waals surface area contributed by atoms with Crippen molar-refractivity contribution in [3.05, 3.63) is 53.9 Å². The first kappa shape index (κ1) is 17.3. The van der Waals surface area contributed by atoms with Gasteiger partial charge in [-0.15, -0.1) is 0 Å². The zero-order valence-electron chi connectivity index (χ0n) is 15.5. The molecule has 1 fully saturated rings. The van der Waals surface area contributed by atoms with Crippen LogP contribution in [0.2, 0.25) is 0 Å². The number of nitrogens with one attached hydrogen (secondary N) is 1. The van der Waals surface area contributed by atoms with Crippen LogP contribution in [0.25, 0.3) is 11.0 Å². The minimum Gasteiger partial charge on any atom is -0.324 e. The van der Waals surface area contributed by atoms with E-state index >= 15 is 0 Å². The quantitative estimate of drug-likeness (QED) is 0.773. The molecule has 0 radical (unpaired) electrons. The van der Waals surface area contributed by atoms with Gasteiger partial charge in [-0.05, 0) is 61.7 Å². The summed E-state index contributed by atoms with van der Waals surface area (Å²) in [6, 6.07) is 11.5. The van der Waals surface area contributed by atoms with Crippen LogP contribution < -0.4 is 10.2 Å². The Kier molecular flexibility index (Phi) is 4.39. The number of aryl methyl sites for hydroxylation is 2. The number of benzene rings is 2. The predicted molar refractivity (Wildman–Crippen MR) is 106 cm³/mol. The SMILES string of the molecule is Cc1cc2ncn(CC(=O)Nc3cccc(N4CCCC4=O)c3)c2cc1C. The average molecular weight is 362 g/mol. The fourth-order valence-corrected chi connectivity index (χ4v) is 3.47. The summed E-state index contributed by atoms with van der Waals surface area (Å²) in [4.78, 5) is 30.6. The molecule has 0 spiro atoms. The lowest BCUT2D eigenvalue weighted by molar-refractivity contribution is -0.117. The van der Waals surface area contributed by atoms with Crippen LogP contribution in [-0.2, 0) is 16.1 Å². The Morgan fingerprint density at radius 1 is 1.19 bits per heavy atom. The lowest BCUT2D eigenvalue weighted by atomic mass is 10.1. The summed E-state index contributed by atoms with van der Waals surface area (Å²) >= 11 is 0. The van der Waals surface area contributed by atoms with Crippen molar-refractivity contribution in [1.29, 1.82) is 0 Å². The van der Waals surface area contributed by atoms with Crippen LogP contribution in [0.3, 0.4) is 0 Å². The number of carbonyl (C=O) groups excluding carboxylic acids is 2. The molecule has 6 heteroatoms. The molecule has 0 atom stereocenters. The maximum atomic E-state index is 12.5. The maximum Gasteiger partial charge on any atom is 0.244 e. The number of hydrogen-bond donors (Lipinski definition) is 1. The van der Waals surface area contributed by atoms with Crippen LogP contribution in [-0.4, -0.2) is 27.9 Å². The van der Waals surface area contributed by atoms with Crippen LogP contribution in [0.15, 0.2) is 42.7 Å². The molecule has 1 saturated heterocycles. The molecule has 2 heterocycles. The Bertz CT molecular complexity index is 1040. The number of imidazole rings is 1. The topological polar surface area (TPSA) is 67.2 Å². The van der Waals surface area contributed by atoms with Crippen LogP contribution in [0.5, 0.6) is 0 Å². The number of hydrogen-bond acceptors (Lipinski definition) is 3. The van der Waals surface area contributed by atoms with Crippen LogP contribution in [0.1, 0.15) is 24.0 Å². The first-order valence-electron chi connectivity index (χ1n) is 9.13. The van der Waals surface area contributed by atoms with E-state index in [1.165, 1.54) is 11.1 Å². The number of fused-ring (bicyclic) bond motifs is 1. The third kappa shape index (κ3) is 3.43. The Morgan fingerprint density at radius 2 is 2.00 bits per heavy atom. The monoisotopic (exact) mass is 362 g/mol. The highest BCUT2D eigenvalue weighted by molar-refractivity contribution is 5.97. The smallest absolute Gasteiger partial charge is 0.244 e. The van der Waals surface area contributed by atoms with E-state index in [9.17, 15) is 9.59 Å². The van der Waals surface area contributed by atoms with Gasteiger partial charge in [-0.1, -0.05) is 6.07 Å². The van der Waals surface area contributed by atoms with E-state index in [1.54, 1.807) is 11.2 Å². The summed E-state index contributed by atoms with van der Waals surface area (Å²) in [7, 11) is 0. The number of amides is 2. The summed E-state index contributed by atoms with van der Waals surface area (Å²) in [5, 5.41) is 2.92. The maximum absolute atomic E-state index is 12.5. The van der Waals surface area contributed by atoms with Crippen LogP contribution in [0, 0.1) is 13.8 Å². The summed E-state index contributed by atoms with van der Waals surface area (Å²) in [6.45, 7) is 5.03. The van der Waals surface area contributed by atoms with Gasteiger partial charge in [0.25, 0.3) is 0 Å². The van der Waals surface area contributed by atoms with Crippen LogP contribution >= 0.6 is 0 Å². The molecular formula is C21H22N4O2. The Morgan fingerprint density at radius 3 is 2.78 bits per heavy atom. The van der Waals surface area contributed by atoms with E-state index in [1.807, 2.05) is 34.9 Å². The Hall–Kier alpha value is -3.15. The van der Waals surface area contributed by atoms with Crippen molar-refractivity contribution in [2.24, 2.45) is 0 Å². The lowest BCUT2D eigenvalue weighted by Gasteiger charge is -2.17. The zero-order valence-corrected chi connectivity index (χ0v) is 15.5. The minimum absolute atomic E-state index is 0.127. The number of rotatable bonds is 4. The van der Waals surface area contributed by atoms with E-state index in [4.69, 9.17) is 0 Å². The van der Waals surface area contributed by atoms with Gasteiger partial charge >= 0.3 is 0 Å². The summed E-state index contributed by atoms with van der Waals surface area (Å²) in [6.07, 6.45) is 3.16. The normalized spacial score (nSPS) is 14.1. The first-order valence-corrected chi connectivity index (χ1v) is 9.13. The lowest BCUT2D eigenvalue weighted by Crippen LogP contribution is -2.24. The first-order chi connectivity index (χ1) is 13.0. The molecule has 2 aromatic carbocycles. The third-order valence-corrected chi connectivity index (χ3v) is 5.07. The number of anilines is 2. The third-order valence-electron chi connectivity index (χ3n) is 5.07. The second kappa shape index (κ2) is 6.87. The molecule has 0 saturated carbocycles. The highest BCUT2D eigenvalue weighted by Crippen LogP contribution is 2.24. The summed E-state index contributed by atoms with van der Waals surface area (Å²) < 4.78 is 1.85. The molecule has 0 bridgehead atoms. The Labute approximate surface area is 157 Å². The second-order valence-corrected chi connectivity index (χ2v) is 7.05. The van der Waals surface area contributed by atoms with Gasteiger partial charge in [0.1, 0.15) is 6.54 Å². The van der Waals surface area contributed by atoms with Crippen molar-refractivity contribution >= 4 is 34.2 Å². The highest BCUT2D eigenvalue weighted by atomic mass is 16.2. The van der Waals surface area contributed by atoms with Gasteiger partial charge in [0.05, 0.1) is 17.4 Å². The molecule has 4 rings (SSSR count). The zero-order chi connectivity index (χ0) is 19.0. The molecule has 1 aliphatic rings. The molecule has 0 unspecified atom stereocenters. The van der Waals surface area contributed by atoms with Crippen molar-refractivity contribution in [2.45, 2.75) is 33.2 Å². The number of carbonyl (C=O) groups is 2. The molecule has 27 heavy (non-hydrogen) atoms. The van der Waals surface area contributed by atoms with Crippen molar-refractivity contribution in [2.75, 3.05) is 16.8 Å². The van der Waals surface area contributed by atoms with Gasteiger partial charge < -0.3 is 14.8 Å². The highest BCUT2D eigenvalue weighted by Gasteiger charge is 2.21. The van der Waals surface area contributed by atoms with Crippen molar-refractivity contribution in [1.82, 2.24) is 9.55 Å². The molecule has 3 aromatic rings. The molecule has 1 N–H and O–H groups in total. The van der Waals surface area contributed by atoms with Crippen LogP contribution in [0.4, 0.5) is 11.4 Å². The minimum atomic E-state index is -0.127. The van der Waals surface area contributed by atoms with Crippen molar-refractivity contribution in [3.8, 4) is 0 Å². The van der Waals surface area contributed by atoms with Gasteiger partial charge in [-0.2, -0.15) is 0 Å². The van der Waals surface area contributed by atoms with Gasteiger partial charge in [0, 0.05) is 24.3 Å². The molecule has 2 amide bonds. The molecule has 6 nitrogen and oxygen atoms in total. The second-order valence-electron chi connectivity index (χ2n) is 7.05. The molecule has 0 aliphatic carbocycles. The van der Waals surface area contributed by atoms with Gasteiger partial charge in [0.2, 0.25) is 11.8 Å². The average Bonchev–Trinajstić information content (AvgIpc) is 3.22. The number of aromatic nitrogens is 2. The predicted octanol–water partition coefficient (Wildman–Crippen LogP) is 3.42. The molecular weight excluding hydrogens is 340 g/mol. The van der Waals surface area contributed by atoms with E-state index < -0.39 is 0 Å². The van der Waals surface area contributed by atoms with Crippen molar-refractivity contribution < 1.29 is 9.59 Å². The molecule has 1 aromatic heterocycles. The summed E-state index contributed by atoms with van der Waals surface area (Å²) in [5.74, 6) is 0.00597. The van der Waals surface area contributed by atoms with Gasteiger partial charge in [0.15, 0.2) is 0 Å². The fourth-order valence-electron chi connectivity index (χ4n) is 3.47. The molecule has 138 valence electrons. The van der Waals surface area contributed by atoms with E-state index in [2.05, 4.69) is 30.2 Å². The summed E-state index contributed by atoms with van der Waals surface area (Å²) in [5.41, 5.74) is 5.71. The van der Waals surface area contributed by atoms with E-state index in [-0.39, 0.29) is 18.4 Å². The standard InChI is InChI=1S/C21H22N4O2/c1-14-9-18-19(10-15(14)2)24(13-22-18)12-20(26)23-16-5-3-6-17(11-16)25-8-4-7-21(25)27/h3,5-6,9-11,13H,4,7-8,12H2,1-2H3,(H,23,26). The van der Waals surface area contributed by atoms with E-state index in [0.717, 1.165) is 29.7 Å². The van der Waals surface area contributed by atoms with Gasteiger partial charge in [-0.3, -0.25) is 9.59 Å². The number of nitrogens with zero attached hydrogens (tertiary/aromatic N) is 3. The van der Waals surface area contributed by atoms with E-state index in [0.29, 0.717) is 12.1 Å². The van der Waals surface area contributed by atoms with Crippen molar-refractivity contribution in [3.63, 3.8) is 0 Å². The van der Waals surface area contributed by atoms with Gasteiger partial charge in [-0.25, -0.2) is 4.98 Å². The largest absolute Gasteiger partial charge is 0.324 e.